The summed E-state index contributed by atoms with van der Waals surface area (Å²) < 4.78 is 1.69. The van der Waals surface area contributed by atoms with Crippen LogP contribution in [0.15, 0.2) is 43.0 Å². The number of nitrogens with one attached hydrogen (secondary N) is 1. The standard InChI is InChI=1S/C21H23N5O2S/c1-13-10-18(24-20(27)16-4-5-16)29-19(13)21(28)25(3)14(2)15-6-8-17(9-7-15)26-12-22-11-23-26/h6-12,14,16H,4-5H2,1-3H3,(H,24,27). The Morgan fingerprint density at radius 3 is 2.62 bits per heavy atom. The second-order valence-electron chi connectivity index (χ2n) is 7.41. The maximum Gasteiger partial charge on any atom is 0.264 e. The van der Waals surface area contributed by atoms with E-state index in [1.165, 1.54) is 17.7 Å². The molecule has 0 spiro atoms. The first kappa shape index (κ1) is 19.3. The Labute approximate surface area is 173 Å². The average molecular weight is 410 g/mol. The van der Waals surface area contributed by atoms with Crippen molar-refractivity contribution >= 4 is 28.2 Å². The van der Waals surface area contributed by atoms with E-state index in [1.54, 1.807) is 23.0 Å². The van der Waals surface area contributed by atoms with E-state index in [0.29, 0.717) is 4.88 Å². The van der Waals surface area contributed by atoms with Gasteiger partial charge in [-0.3, -0.25) is 9.59 Å². The van der Waals surface area contributed by atoms with E-state index in [1.807, 2.05) is 44.2 Å². The summed E-state index contributed by atoms with van der Waals surface area (Å²) in [6.45, 7) is 3.91. The molecule has 1 atom stereocenters. The van der Waals surface area contributed by atoms with E-state index in [-0.39, 0.29) is 23.8 Å². The van der Waals surface area contributed by atoms with Crippen LogP contribution in [0.1, 0.15) is 46.6 Å². The molecular formula is C21H23N5O2S. The van der Waals surface area contributed by atoms with Crippen molar-refractivity contribution in [3.05, 3.63) is 59.0 Å². The molecule has 1 aliphatic carbocycles. The minimum Gasteiger partial charge on any atom is -0.334 e. The molecule has 4 rings (SSSR count). The van der Waals surface area contributed by atoms with Crippen molar-refractivity contribution < 1.29 is 9.59 Å². The van der Waals surface area contributed by atoms with Crippen LogP contribution >= 0.6 is 11.3 Å². The monoisotopic (exact) mass is 409 g/mol. The fourth-order valence-electron chi connectivity index (χ4n) is 3.13. The first-order valence-corrected chi connectivity index (χ1v) is 10.4. The van der Waals surface area contributed by atoms with E-state index in [9.17, 15) is 9.59 Å². The number of rotatable bonds is 6. The van der Waals surface area contributed by atoms with Gasteiger partial charge in [-0.05, 0) is 56.0 Å². The molecule has 0 saturated heterocycles. The number of carbonyl (C=O) groups is 2. The van der Waals surface area contributed by atoms with Crippen molar-refractivity contribution in [3.63, 3.8) is 0 Å². The van der Waals surface area contributed by atoms with Crippen LogP contribution in [0.25, 0.3) is 5.69 Å². The Bertz CT molecular complexity index is 1020. The Morgan fingerprint density at radius 2 is 2.00 bits per heavy atom. The van der Waals surface area contributed by atoms with Crippen LogP contribution in [-0.4, -0.2) is 38.5 Å². The second-order valence-corrected chi connectivity index (χ2v) is 8.46. The summed E-state index contributed by atoms with van der Waals surface area (Å²) >= 11 is 1.34. The fourth-order valence-corrected chi connectivity index (χ4v) is 4.19. The summed E-state index contributed by atoms with van der Waals surface area (Å²) in [4.78, 5) is 31.4. The molecule has 3 aromatic rings. The minimum atomic E-state index is -0.0988. The highest BCUT2D eigenvalue weighted by molar-refractivity contribution is 7.18. The lowest BCUT2D eigenvalue weighted by atomic mass is 10.1. The van der Waals surface area contributed by atoms with Crippen LogP contribution in [-0.2, 0) is 4.79 Å². The number of benzene rings is 1. The van der Waals surface area contributed by atoms with Crippen LogP contribution in [0.4, 0.5) is 5.00 Å². The van der Waals surface area contributed by atoms with Crippen molar-refractivity contribution in [1.82, 2.24) is 19.7 Å². The zero-order valence-corrected chi connectivity index (χ0v) is 17.4. The average Bonchev–Trinajstić information content (AvgIpc) is 3.32. The summed E-state index contributed by atoms with van der Waals surface area (Å²) in [5, 5.41) is 7.80. The van der Waals surface area contributed by atoms with E-state index in [0.717, 1.165) is 34.7 Å². The van der Waals surface area contributed by atoms with Crippen LogP contribution in [0.5, 0.6) is 0 Å². The molecule has 1 saturated carbocycles. The lowest BCUT2D eigenvalue weighted by Crippen LogP contribution is -2.29. The van der Waals surface area contributed by atoms with Crippen molar-refractivity contribution in [3.8, 4) is 5.69 Å². The highest BCUT2D eigenvalue weighted by atomic mass is 32.1. The van der Waals surface area contributed by atoms with Crippen LogP contribution in [0.2, 0.25) is 0 Å². The number of hydrogen-bond acceptors (Lipinski definition) is 5. The molecule has 1 aliphatic rings. The lowest BCUT2D eigenvalue weighted by Gasteiger charge is -2.25. The van der Waals surface area contributed by atoms with Gasteiger partial charge in [0.2, 0.25) is 5.91 Å². The Morgan fingerprint density at radius 1 is 1.28 bits per heavy atom. The van der Waals surface area contributed by atoms with Crippen molar-refractivity contribution in [1.29, 1.82) is 0 Å². The number of amides is 2. The third-order valence-corrected chi connectivity index (χ3v) is 6.41. The number of aromatic nitrogens is 3. The molecule has 150 valence electrons. The molecule has 1 aromatic carbocycles. The predicted molar refractivity (Wildman–Crippen MR) is 112 cm³/mol. The van der Waals surface area contributed by atoms with E-state index in [4.69, 9.17) is 0 Å². The van der Waals surface area contributed by atoms with Gasteiger partial charge in [-0.2, -0.15) is 5.10 Å². The van der Waals surface area contributed by atoms with Gasteiger partial charge >= 0.3 is 0 Å². The van der Waals surface area contributed by atoms with E-state index in [2.05, 4.69) is 15.4 Å². The molecule has 7 nitrogen and oxygen atoms in total. The number of hydrogen-bond donors (Lipinski definition) is 1. The van der Waals surface area contributed by atoms with E-state index >= 15 is 0 Å². The zero-order chi connectivity index (χ0) is 20.5. The topological polar surface area (TPSA) is 80.1 Å². The zero-order valence-electron chi connectivity index (χ0n) is 16.6. The molecule has 8 heteroatoms. The first-order chi connectivity index (χ1) is 13.9. The Hall–Kier alpha value is -3.00. The Kier molecular flexibility index (Phi) is 5.19. The molecule has 1 N–H and O–H groups in total. The summed E-state index contributed by atoms with van der Waals surface area (Å²) in [5.74, 6) is 0.145. The maximum atomic E-state index is 13.1. The summed E-state index contributed by atoms with van der Waals surface area (Å²) in [6, 6.07) is 9.69. The molecule has 1 fully saturated rings. The molecule has 0 aliphatic heterocycles. The quantitative estimate of drug-likeness (QED) is 0.671. The third-order valence-electron chi connectivity index (χ3n) is 5.27. The van der Waals surface area contributed by atoms with E-state index < -0.39 is 0 Å². The van der Waals surface area contributed by atoms with Crippen LogP contribution in [0.3, 0.4) is 0 Å². The van der Waals surface area contributed by atoms with Crippen molar-refractivity contribution in [2.45, 2.75) is 32.7 Å². The van der Waals surface area contributed by atoms with Crippen LogP contribution in [0, 0.1) is 12.8 Å². The van der Waals surface area contributed by atoms with Crippen molar-refractivity contribution in [2.24, 2.45) is 5.92 Å². The molecule has 1 unspecified atom stereocenters. The molecule has 0 bridgehead atoms. The Balaban J connectivity index is 1.47. The molecule has 2 heterocycles. The van der Waals surface area contributed by atoms with Gasteiger partial charge in [-0.15, -0.1) is 11.3 Å². The number of nitrogens with zero attached hydrogens (tertiary/aromatic N) is 4. The molecule has 2 aromatic heterocycles. The highest BCUT2D eigenvalue weighted by Gasteiger charge is 2.30. The number of carbonyl (C=O) groups excluding carboxylic acids is 2. The van der Waals surface area contributed by atoms with Gasteiger partial charge in [-0.25, -0.2) is 9.67 Å². The smallest absolute Gasteiger partial charge is 0.264 e. The van der Waals surface area contributed by atoms with Gasteiger partial charge in [0.25, 0.3) is 5.91 Å². The van der Waals surface area contributed by atoms with Gasteiger partial charge < -0.3 is 10.2 Å². The second kappa shape index (κ2) is 7.79. The summed E-state index contributed by atoms with van der Waals surface area (Å²) in [7, 11) is 1.81. The molecule has 29 heavy (non-hydrogen) atoms. The SMILES string of the molecule is Cc1cc(NC(=O)C2CC2)sc1C(=O)N(C)C(C)c1ccc(-n2cncn2)cc1. The summed E-state index contributed by atoms with van der Waals surface area (Å²) in [6.07, 6.45) is 5.05. The number of thiophene rings is 1. The fraction of sp³-hybridized carbons (Fsp3) is 0.333. The predicted octanol–water partition coefficient (Wildman–Crippen LogP) is 3.82. The highest BCUT2D eigenvalue weighted by Crippen LogP contribution is 2.34. The molecule has 2 amide bonds. The molecular weight excluding hydrogens is 386 g/mol. The van der Waals surface area contributed by atoms with Crippen LogP contribution < -0.4 is 5.32 Å². The first-order valence-electron chi connectivity index (χ1n) is 9.57. The van der Waals surface area contributed by atoms with Gasteiger partial charge in [0, 0.05) is 13.0 Å². The minimum absolute atomic E-state index is 0.0488. The third kappa shape index (κ3) is 4.07. The van der Waals surface area contributed by atoms with Gasteiger partial charge in [0.1, 0.15) is 12.7 Å². The summed E-state index contributed by atoms with van der Waals surface area (Å²) in [5.41, 5.74) is 2.82. The number of anilines is 1. The maximum absolute atomic E-state index is 13.1. The van der Waals surface area contributed by atoms with Crippen molar-refractivity contribution in [2.75, 3.05) is 12.4 Å². The van der Waals surface area contributed by atoms with Gasteiger partial charge in [-0.1, -0.05) is 12.1 Å². The lowest BCUT2D eigenvalue weighted by molar-refractivity contribution is -0.117. The van der Waals surface area contributed by atoms with Gasteiger partial charge in [0.05, 0.1) is 21.6 Å². The normalized spacial score (nSPS) is 14.4. The van der Waals surface area contributed by atoms with Gasteiger partial charge in [0.15, 0.2) is 0 Å². The largest absolute Gasteiger partial charge is 0.334 e. The number of aryl methyl sites for hydroxylation is 1. The molecule has 0 radical (unpaired) electrons.